The molecule has 17 heavy (non-hydrogen) atoms. The van der Waals surface area contributed by atoms with Gasteiger partial charge in [-0.1, -0.05) is 23.3 Å². The predicted molar refractivity (Wildman–Crippen MR) is 67.9 cm³/mol. The van der Waals surface area contributed by atoms with E-state index in [2.05, 4.69) is 18.0 Å². The Bertz CT molecular complexity index is 485. The SMILES string of the molecule is CC1=CCN(C(=O)c2cc(N)cnc2Cl)CC1. The van der Waals surface area contributed by atoms with Crippen LogP contribution in [0.2, 0.25) is 5.15 Å². The maximum Gasteiger partial charge on any atom is 0.257 e. The van der Waals surface area contributed by atoms with Crippen molar-refractivity contribution in [3.05, 3.63) is 34.6 Å². The summed E-state index contributed by atoms with van der Waals surface area (Å²) < 4.78 is 0. The van der Waals surface area contributed by atoms with Gasteiger partial charge in [0.1, 0.15) is 5.15 Å². The molecule has 2 heterocycles. The molecule has 1 aliphatic rings. The van der Waals surface area contributed by atoms with Crippen molar-refractivity contribution in [3.8, 4) is 0 Å². The normalized spacial score (nSPS) is 15.6. The van der Waals surface area contributed by atoms with Crippen LogP contribution in [0.3, 0.4) is 0 Å². The third-order valence-corrected chi connectivity index (χ3v) is 3.12. The summed E-state index contributed by atoms with van der Waals surface area (Å²) in [5.74, 6) is -0.112. The zero-order chi connectivity index (χ0) is 12.4. The van der Waals surface area contributed by atoms with Crippen LogP contribution in [0.25, 0.3) is 0 Å². The Morgan fingerprint density at radius 1 is 1.59 bits per heavy atom. The number of nitrogens with zero attached hydrogens (tertiary/aromatic N) is 2. The van der Waals surface area contributed by atoms with Gasteiger partial charge in [0.05, 0.1) is 17.4 Å². The smallest absolute Gasteiger partial charge is 0.257 e. The minimum absolute atomic E-state index is 0.112. The second-order valence-corrected chi connectivity index (χ2v) is 4.52. The molecule has 1 aromatic heterocycles. The molecule has 0 aliphatic carbocycles. The summed E-state index contributed by atoms with van der Waals surface area (Å²) >= 11 is 5.91. The van der Waals surface area contributed by atoms with E-state index in [1.807, 2.05) is 0 Å². The lowest BCUT2D eigenvalue weighted by molar-refractivity contribution is 0.0769. The van der Waals surface area contributed by atoms with E-state index in [0.717, 1.165) is 6.42 Å². The third kappa shape index (κ3) is 2.58. The molecule has 0 aromatic carbocycles. The highest BCUT2D eigenvalue weighted by Gasteiger charge is 2.20. The van der Waals surface area contributed by atoms with Crippen molar-refractivity contribution in [2.24, 2.45) is 0 Å². The number of amides is 1. The number of anilines is 1. The summed E-state index contributed by atoms with van der Waals surface area (Å²) in [6, 6.07) is 1.57. The third-order valence-electron chi connectivity index (χ3n) is 2.81. The molecule has 2 N–H and O–H groups in total. The van der Waals surface area contributed by atoms with E-state index in [1.165, 1.54) is 11.8 Å². The molecule has 1 aliphatic heterocycles. The molecule has 1 amide bonds. The summed E-state index contributed by atoms with van der Waals surface area (Å²) in [5, 5.41) is 0.204. The number of halogens is 1. The van der Waals surface area contributed by atoms with E-state index in [9.17, 15) is 4.79 Å². The van der Waals surface area contributed by atoms with Crippen molar-refractivity contribution < 1.29 is 4.79 Å². The van der Waals surface area contributed by atoms with E-state index >= 15 is 0 Å². The molecule has 5 heteroatoms. The van der Waals surface area contributed by atoms with Gasteiger partial charge >= 0.3 is 0 Å². The lowest BCUT2D eigenvalue weighted by atomic mass is 10.1. The lowest BCUT2D eigenvalue weighted by Crippen LogP contribution is -2.34. The van der Waals surface area contributed by atoms with Crippen LogP contribution < -0.4 is 5.73 Å². The number of hydrogen-bond donors (Lipinski definition) is 1. The van der Waals surface area contributed by atoms with Crippen LogP contribution in [0.1, 0.15) is 23.7 Å². The predicted octanol–water partition coefficient (Wildman–Crippen LogP) is 2.11. The Balaban J connectivity index is 2.23. The number of carbonyl (C=O) groups excluding carboxylic acids is 1. The van der Waals surface area contributed by atoms with Gasteiger partial charge in [0.2, 0.25) is 0 Å². The number of rotatable bonds is 1. The van der Waals surface area contributed by atoms with Gasteiger partial charge in [-0.05, 0) is 19.4 Å². The average Bonchev–Trinajstić information content (AvgIpc) is 2.32. The maximum atomic E-state index is 12.2. The van der Waals surface area contributed by atoms with Crippen molar-refractivity contribution in [2.75, 3.05) is 18.8 Å². The van der Waals surface area contributed by atoms with E-state index in [1.54, 1.807) is 11.0 Å². The highest BCUT2D eigenvalue weighted by atomic mass is 35.5. The Kier molecular flexibility index (Phi) is 3.33. The molecule has 0 spiro atoms. The zero-order valence-corrected chi connectivity index (χ0v) is 10.4. The Labute approximate surface area is 105 Å². The number of pyridine rings is 1. The summed E-state index contributed by atoms with van der Waals surface area (Å²) in [5.41, 5.74) is 7.74. The number of aromatic nitrogens is 1. The fraction of sp³-hybridized carbons (Fsp3) is 0.333. The molecule has 2 rings (SSSR count). The number of carbonyl (C=O) groups is 1. The Morgan fingerprint density at radius 3 is 3.00 bits per heavy atom. The average molecular weight is 252 g/mol. The Morgan fingerprint density at radius 2 is 2.35 bits per heavy atom. The van der Waals surface area contributed by atoms with Gasteiger partial charge in [-0.15, -0.1) is 0 Å². The molecule has 0 atom stereocenters. The molecule has 1 aromatic rings. The second-order valence-electron chi connectivity index (χ2n) is 4.16. The van der Waals surface area contributed by atoms with Gasteiger partial charge < -0.3 is 10.6 Å². The topological polar surface area (TPSA) is 59.2 Å². The molecular formula is C12H14ClN3O. The molecule has 0 bridgehead atoms. The highest BCUT2D eigenvalue weighted by Crippen LogP contribution is 2.19. The van der Waals surface area contributed by atoms with Crippen LogP contribution in [0.4, 0.5) is 5.69 Å². The first kappa shape index (κ1) is 11.9. The van der Waals surface area contributed by atoms with Crippen molar-refractivity contribution in [1.82, 2.24) is 9.88 Å². The Hall–Kier alpha value is -1.55. The van der Waals surface area contributed by atoms with Crippen LogP contribution >= 0.6 is 11.6 Å². The van der Waals surface area contributed by atoms with Crippen LogP contribution in [0, 0.1) is 0 Å². The van der Waals surface area contributed by atoms with E-state index < -0.39 is 0 Å². The fourth-order valence-electron chi connectivity index (χ4n) is 1.74. The van der Waals surface area contributed by atoms with Crippen molar-refractivity contribution in [2.45, 2.75) is 13.3 Å². The largest absolute Gasteiger partial charge is 0.397 e. The minimum Gasteiger partial charge on any atom is -0.397 e. The van der Waals surface area contributed by atoms with Crippen LogP contribution in [-0.4, -0.2) is 28.9 Å². The van der Waals surface area contributed by atoms with Gasteiger partial charge in [0.25, 0.3) is 5.91 Å². The first-order valence-electron chi connectivity index (χ1n) is 5.44. The fourth-order valence-corrected chi connectivity index (χ4v) is 1.92. The standard InChI is InChI=1S/C12H14ClN3O/c1-8-2-4-16(5-3-8)12(17)10-6-9(14)7-15-11(10)13/h2,6-7H,3-5,14H2,1H3. The quantitative estimate of drug-likeness (QED) is 0.614. The van der Waals surface area contributed by atoms with Gasteiger partial charge in [-0.3, -0.25) is 4.79 Å². The monoisotopic (exact) mass is 251 g/mol. The molecule has 0 saturated carbocycles. The first-order chi connectivity index (χ1) is 8.08. The number of nitrogens with two attached hydrogens (primary N) is 1. The van der Waals surface area contributed by atoms with E-state index in [0.29, 0.717) is 24.3 Å². The van der Waals surface area contributed by atoms with Crippen molar-refractivity contribution in [1.29, 1.82) is 0 Å². The molecule has 90 valence electrons. The van der Waals surface area contributed by atoms with Crippen molar-refractivity contribution in [3.63, 3.8) is 0 Å². The molecule has 0 unspecified atom stereocenters. The van der Waals surface area contributed by atoms with Gasteiger partial charge in [-0.25, -0.2) is 4.98 Å². The summed E-state index contributed by atoms with van der Waals surface area (Å²) in [6.07, 6.45) is 4.40. The van der Waals surface area contributed by atoms with Crippen LogP contribution in [0.15, 0.2) is 23.9 Å². The lowest BCUT2D eigenvalue weighted by Gasteiger charge is -2.25. The zero-order valence-electron chi connectivity index (χ0n) is 9.61. The molecule has 0 radical (unpaired) electrons. The maximum absolute atomic E-state index is 12.2. The number of nitrogen functional groups attached to an aromatic ring is 1. The van der Waals surface area contributed by atoms with Gasteiger partial charge in [-0.2, -0.15) is 0 Å². The molecule has 0 saturated heterocycles. The summed E-state index contributed by atoms with van der Waals surface area (Å²) in [4.78, 5) is 17.8. The molecule has 0 fully saturated rings. The molecule has 4 nitrogen and oxygen atoms in total. The second kappa shape index (κ2) is 4.75. The van der Waals surface area contributed by atoms with Crippen molar-refractivity contribution >= 4 is 23.2 Å². The van der Waals surface area contributed by atoms with Crippen LogP contribution in [-0.2, 0) is 0 Å². The van der Waals surface area contributed by atoms with E-state index in [-0.39, 0.29) is 11.1 Å². The summed E-state index contributed by atoms with van der Waals surface area (Å²) in [6.45, 7) is 3.40. The highest BCUT2D eigenvalue weighted by molar-refractivity contribution is 6.32. The molecular weight excluding hydrogens is 238 g/mol. The van der Waals surface area contributed by atoms with E-state index in [4.69, 9.17) is 17.3 Å². The number of hydrogen-bond acceptors (Lipinski definition) is 3. The van der Waals surface area contributed by atoms with Crippen LogP contribution in [0.5, 0.6) is 0 Å². The van der Waals surface area contributed by atoms with Gasteiger partial charge in [0, 0.05) is 13.1 Å². The summed E-state index contributed by atoms with van der Waals surface area (Å²) in [7, 11) is 0. The minimum atomic E-state index is -0.112. The van der Waals surface area contributed by atoms with Gasteiger partial charge in [0.15, 0.2) is 0 Å². The first-order valence-corrected chi connectivity index (χ1v) is 5.81.